The van der Waals surface area contributed by atoms with Crippen LogP contribution in [0.5, 0.6) is 5.75 Å². The van der Waals surface area contributed by atoms with E-state index in [0.717, 1.165) is 21.5 Å². The molecule has 0 saturated carbocycles. The van der Waals surface area contributed by atoms with Crippen molar-refractivity contribution in [1.29, 1.82) is 0 Å². The van der Waals surface area contributed by atoms with E-state index in [1.807, 2.05) is 42.5 Å². The van der Waals surface area contributed by atoms with Crippen LogP contribution in [-0.4, -0.2) is 22.7 Å². The normalized spacial score (nSPS) is 11.0. The Morgan fingerprint density at radius 3 is 2.39 bits per heavy atom. The predicted molar refractivity (Wildman–Crippen MR) is 126 cm³/mol. The zero-order valence-electron chi connectivity index (χ0n) is 17.4. The third-order valence-corrected chi connectivity index (χ3v) is 6.27. The number of carbonyl (C=O) groups excluding carboxylic acids is 1. The molecule has 33 heavy (non-hydrogen) atoms. The Morgan fingerprint density at radius 1 is 1.09 bits per heavy atom. The number of aromatic nitrogens is 1. The molecule has 4 aromatic rings. The summed E-state index contributed by atoms with van der Waals surface area (Å²) in [7, 11) is -3.06. The number of nitrogens with one attached hydrogen (secondary N) is 1. The Hall–Kier alpha value is -2.32. The molecule has 0 aliphatic rings. The number of amides is 1. The van der Waals surface area contributed by atoms with Crippen molar-refractivity contribution in [3.8, 4) is 16.9 Å². The van der Waals surface area contributed by atoms with E-state index in [9.17, 15) is 4.79 Å². The number of fused-ring (bicyclic) bond motifs is 1. The highest BCUT2D eigenvalue weighted by molar-refractivity contribution is 14.1. The van der Waals surface area contributed by atoms with E-state index in [0.29, 0.717) is 10.7 Å². The predicted octanol–water partition coefficient (Wildman–Crippen LogP) is 2.01. The van der Waals surface area contributed by atoms with Gasteiger partial charge in [0, 0.05) is 9.13 Å². The van der Waals surface area contributed by atoms with E-state index in [4.69, 9.17) is 23.4 Å². The van der Waals surface area contributed by atoms with Gasteiger partial charge < -0.3 is 4.74 Å². The van der Waals surface area contributed by atoms with E-state index in [-0.39, 0.29) is 5.91 Å². The molecule has 4 rings (SSSR count). The smallest absolute Gasteiger partial charge is 0.257 e. The SMILES string of the molecule is COc1ccc2nc(NC(=O)c3ccc(-c4cc(C)ccc4I)cc3)sc2c1.[O-][Cl+3]([O-])([O-])O. The summed E-state index contributed by atoms with van der Waals surface area (Å²) in [5, 5.41) is 3.47. The topological polar surface area (TPSA) is 141 Å². The van der Waals surface area contributed by atoms with Crippen LogP contribution >= 0.6 is 33.9 Å². The van der Waals surface area contributed by atoms with Crippen molar-refractivity contribution in [3.63, 3.8) is 0 Å². The minimum absolute atomic E-state index is 0.170. The molecule has 0 saturated heterocycles. The number of hydrogen-bond acceptors (Lipinski definition) is 8. The first-order chi connectivity index (χ1) is 15.5. The van der Waals surface area contributed by atoms with Gasteiger partial charge in [-0.05, 0) is 77.0 Å². The Labute approximate surface area is 209 Å². The highest BCUT2D eigenvalue weighted by atomic mass is 127. The summed E-state index contributed by atoms with van der Waals surface area (Å²) in [5.41, 5.74) is 4.92. The fraction of sp³-hybridized carbons (Fsp3) is 0.0909. The summed E-state index contributed by atoms with van der Waals surface area (Å²) in [6, 6.07) is 19.7. The van der Waals surface area contributed by atoms with Crippen LogP contribution in [0.25, 0.3) is 21.3 Å². The minimum Gasteiger partial charge on any atom is -0.497 e. The van der Waals surface area contributed by atoms with Gasteiger partial charge in [0.05, 0.1) is 32.2 Å². The van der Waals surface area contributed by atoms with E-state index in [2.05, 4.69) is 58.0 Å². The molecule has 0 bridgehead atoms. The molecule has 0 radical (unpaired) electrons. The van der Waals surface area contributed by atoms with Crippen LogP contribution < -0.4 is 24.0 Å². The molecule has 8 nitrogen and oxygen atoms in total. The number of rotatable bonds is 4. The lowest BCUT2D eigenvalue weighted by atomic mass is 10.0. The third kappa shape index (κ3) is 7.33. The summed E-state index contributed by atoms with van der Waals surface area (Å²) < 4.78 is 40.1. The number of ether oxygens (including phenoxy) is 1. The molecule has 1 heterocycles. The number of nitrogens with zero attached hydrogens (tertiary/aromatic N) is 1. The second kappa shape index (κ2) is 10.7. The fourth-order valence-electron chi connectivity index (χ4n) is 2.92. The monoisotopic (exact) mass is 600 g/mol. The molecule has 0 atom stereocenters. The number of benzene rings is 3. The van der Waals surface area contributed by atoms with Crippen LogP contribution in [0.4, 0.5) is 5.13 Å². The number of thiazole rings is 1. The van der Waals surface area contributed by atoms with Gasteiger partial charge >= 0.3 is 0 Å². The van der Waals surface area contributed by atoms with Gasteiger partial charge in [-0.2, -0.15) is 14.0 Å². The van der Waals surface area contributed by atoms with Gasteiger partial charge in [0.15, 0.2) is 5.13 Å². The highest BCUT2D eigenvalue weighted by Gasteiger charge is 2.11. The van der Waals surface area contributed by atoms with Crippen LogP contribution in [0, 0.1) is 20.7 Å². The molecule has 172 valence electrons. The minimum atomic E-state index is -4.69. The van der Waals surface area contributed by atoms with Gasteiger partial charge in [-0.1, -0.05) is 41.2 Å². The van der Waals surface area contributed by atoms with Crippen molar-refractivity contribution in [2.24, 2.45) is 0 Å². The first-order valence-corrected chi connectivity index (χ1v) is 12.4. The fourth-order valence-corrected chi connectivity index (χ4v) is 4.45. The maximum atomic E-state index is 12.6. The summed E-state index contributed by atoms with van der Waals surface area (Å²) in [6.07, 6.45) is 0. The number of aryl methyl sites for hydroxylation is 1. The molecular weight excluding hydrogens is 583 g/mol. The second-order valence-electron chi connectivity index (χ2n) is 6.76. The highest BCUT2D eigenvalue weighted by Crippen LogP contribution is 2.30. The first kappa shape index (κ1) is 25.3. The molecule has 0 aliphatic heterocycles. The number of anilines is 1. The van der Waals surface area contributed by atoms with Crippen molar-refractivity contribution in [2.45, 2.75) is 6.92 Å². The zero-order chi connectivity index (χ0) is 24.2. The van der Waals surface area contributed by atoms with E-state index in [1.165, 1.54) is 26.0 Å². The molecule has 11 heteroatoms. The average molecular weight is 601 g/mol. The van der Waals surface area contributed by atoms with E-state index < -0.39 is 10.2 Å². The number of carbonyl (C=O) groups is 1. The van der Waals surface area contributed by atoms with E-state index >= 15 is 0 Å². The van der Waals surface area contributed by atoms with Crippen molar-refractivity contribution in [1.82, 2.24) is 4.98 Å². The Morgan fingerprint density at radius 2 is 1.76 bits per heavy atom. The Balaban J connectivity index is 0.000000555. The molecule has 3 aromatic carbocycles. The zero-order valence-corrected chi connectivity index (χ0v) is 21.1. The average Bonchev–Trinajstić information content (AvgIpc) is 3.15. The molecule has 2 N–H and O–H groups in total. The van der Waals surface area contributed by atoms with Gasteiger partial charge in [0.1, 0.15) is 5.75 Å². The van der Waals surface area contributed by atoms with Crippen LogP contribution in [-0.2, 0) is 0 Å². The summed E-state index contributed by atoms with van der Waals surface area (Å²) in [6.45, 7) is 2.08. The van der Waals surface area contributed by atoms with Gasteiger partial charge in [-0.3, -0.25) is 10.1 Å². The number of hydrogen-bond donors (Lipinski definition) is 2. The summed E-state index contributed by atoms with van der Waals surface area (Å²) in [5.74, 6) is 0.604. The van der Waals surface area contributed by atoms with Crippen molar-refractivity contribution < 1.29 is 38.4 Å². The number of methoxy groups -OCH3 is 1. The lowest BCUT2D eigenvalue weighted by Gasteiger charge is -2.07. The lowest BCUT2D eigenvalue weighted by Crippen LogP contribution is -2.58. The van der Waals surface area contributed by atoms with Gasteiger partial charge in [-0.25, -0.2) is 4.98 Å². The molecule has 0 aliphatic carbocycles. The standard InChI is InChI=1S/C22H17IN2O2S.ClHO4/c1-13-3-9-18(23)17(11-13)14-4-6-15(7-5-14)21(26)25-22-24-19-10-8-16(27-2)12-20(19)28-22;2-1(3,4)5/h3-12H,1-2H3,(H,24,25,26);(H,2,3,4,5). The molecular formula is C22H18ClIN2O6S. The molecule has 0 unspecified atom stereocenters. The summed E-state index contributed by atoms with van der Waals surface area (Å²) in [4.78, 5) is 17.1. The van der Waals surface area contributed by atoms with Gasteiger partial charge in [0.25, 0.3) is 5.91 Å². The van der Waals surface area contributed by atoms with Crippen molar-refractivity contribution >= 4 is 55.2 Å². The molecule has 0 spiro atoms. The molecule has 1 amide bonds. The van der Waals surface area contributed by atoms with Gasteiger partial charge in [0.2, 0.25) is 0 Å². The quantitative estimate of drug-likeness (QED) is 0.342. The van der Waals surface area contributed by atoms with Crippen LogP contribution in [0.15, 0.2) is 60.7 Å². The maximum absolute atomic E-state index is 12.6. The number of halogens is 2. The molecule has 1 aromatic heterocycles. The van der Waals surface area contributed by atoms with E-state index in [1.54, 1.807) is 7.11 Å². The summed E-state index contributed by atoms with van der Waals surface area (Å²) >= 11 is 3.76. The maximum Gasteiger partial charge on any atom is 0.257 e. The first-order valence-electron chi connectivity index (χ1n) is 9.29. The van der Waals surface area contributed by atoms with Crippen molar-refractivity contribution in [3.05, 3.63) is 75.4 Å². The molecule has 0 fully saturated rings. The van der Waals surface area contributed by atoms with Crippen LogP contribution in [0.3, 0.4) is 0 Å². The lowest BCUT2D eigenvalue weighted by molar-refractivity contribution is -1.92. The van der Waals surface area contributed by atoms with Crippen LogP contribution in [0.1, 0.15) is 15.9 Å². The largest absolute Gasteiger partial charge is 0.497 e. The van der Waals surface area contributed by atoms with Crippen LogP contribution in [0.2, 0.25) is 0 Å². The van der Waals surface area contributed by atoms with Crippen molar-refractivity contribution in [2.75, 3.05) is 12.4 Å². The second-order valence-corrected chi connectivity index (χ2v) is 9.75. The van der Waals surface area contributed by atoms with Gasteiger partial charge in [-0.15, -0.1) is 0 Å². The Bertz CT molecular complexity index is 1270. The Kier molecular flexibility index (Phi) is 8.23. The third-order valence-electron chi connectivity index (χ3n) is 4.40.